The van der Waals surface area contributed by atoms with Gasteiger partial charge in [-0.3, -0.25) is 14.6 Å². The molecule has 7 nitrogen and oxygen atoms in total. The summed E-state index contributed by atoms with van der Waals surface area (Å²) in [5, 5.41) is 11.5. The molecule has 3 heterocycles. The van der Waals surface area contributed by atoms with Gasteiger partial charge in [-0.1, -0.05) is 0 Å². The maximum absolute atomic E-state index is 12.4. The molecule has 1 fully saturated rings. The van der Waals surface area contributed by atoms with Crippen molar-refractivity contribution in [2.75, 3.05) is 13.1 Å². The Hall–Kier alpha value is -2.18. The van der Waals surface area contributed by atoms with E-state index in [1.807, 2.05) is 36.4 Å². The average Bonchev–Trinajstić information content (AvgIpc) is 3.10. The summed E-state index contributed by atoms with van der Waals surface area (Å²) < 4.78 is 1.91. The normalized spacial score (nSPS) is 16.0. The highest BCUT2D eigenvalue weighted by molar-refractivity contribution is 5.76. The number of nitrogens with zero attached hydrogens (tertiary/aromatic N) is 5. The van der Waals surface area contributed by atoms with Crippen molar-refractivity contribution in [3.05, 3.63) is 29.1 Å². The molecular formula is C16H24N6O. The van der Waals surface area contributed by atoms with Crippen LogP contribution in [-0.2, 0) is 11.3 Å². The van der Waals surface area contributed by atoms with Crippen LogP contribution in [0.2, 0.25) is 0 Å². The molecule has 1 amide bonds. The Labute approximate surface area is 136 Å². The number of nitrogens with one attached hydrogen (secondary N) is 1. The second-order valence-electron chi connectivity index (χ2n) is 6.33. The highest BCUT2D eigenvalue weighted by atomic mass is 16.2. The molecular weight excluding hydrogens is 292 g/mol. The van der Waals surface area contributed by atoms with E-state index >= 15 is 0 Å². The van der Waals surface area contributed by atoms with Gasteiger partial charge in [-0.2, -0.15) is 10.2 Å². The fourth-order valence-corrected chi connectivity index (χ4v) is 3.19. The predicted octanol–water partition coefficient (Wildman–Crippen LogP) is 1.72. The minimum atomic E-state index is 0.210. The highest BCUT2D eigenvalue weighted by Gasteiger charge is 2.25. The number of likely N-dealkylation sites (tertiary alicyclic amines) is 1. The molecule has 3 rings (SSSR count). The first-order valence-corrected chi connectivity index (χ1v) is 8.20. The van der Waals surface area contributed by atoms with Gasteiger partial charge in [0.15, 0.2) is 5.82 Å². The molecule has 1 aliphatic rings. The standard InChI is InChI=1S/C16H24N6O/c1-11-10-12(2)22(20-11)9-6-15(23)21-7-4-14(5-8-21)16-17-13(3)18-19-16/h10,14H,4-9H2,1-3H3,(H,17,18,19). The topological polar surface area (TPSA) is 79.7 Å². The second-order valence-corrected chi connectivity index (χ2v) is 6.33. The average molecular weight is 316 g/mol. The van der Waals surface area contributed by atoms with Crippen molar-refractivity contribution in [1.82, 2.24) is 29.9 Å². The van der Waals surface area contributed by atoms with E-state index in [1.54, 1.807) is 0 Å². The van der Waals surface area contributed by atoms with Crippen molar-refractivity contribution < 1.29 is 4.79 Å². The first kappa shape index (κ1) is 15.7. The molecule has 0 saturated carbocycles. The molecule has 0 atom stereocenters. The third-order valence-corrected chi connectivity index (χ3v) is 4.47. The number of carbonyl (C=O) groups excluding carboxylic acids is 1. The van der Waals surface area contributed by atoms with Crippen LogP contribution in [0, 0.1) is 20.8 Å². The number of aryl methyl sites for hydroxylation is 4. The van der Waals surface area contributed by atoms with Crippen molar-refractivity contribution >= 4 is 5.91 Å². The Morgan fingerprint density at radius 1 is 1.30 bits per heavy atom. The van der Waals surface area contributed by atoms with Gasteiger partial charge in [0.2, 0.25) is 5.91 Å². The van der Waals surface area contributed by atoms with Gasteiger partial charge in [0, 0.05) is 37.7 Å². The molecule has 2 aromatic heterocycles. The molecule has 7 heteroatoms. The van der Waals surface area contributed by atoms with E-state index in [-0.39, 0.29) is 5.91 Å². The maximum Gasteiger partial charge on any atom is 0.224 e. The number of aromatic amines is 1. The fraction of sp³-hybridized carbons (Fsp3) is 0.625. The highest BCUT2D eigenvalue weighted by Crippen LogP contribution is 2.25. The molecule has 0 bridgehead atoms. The first-order valence-electron chi connectivity index (χ1n) is 8.20. The zero-order chi connectivity index (χ0) is 16.4. The number of H-pyrrole nitrogens is 1. The zero-order valence-electron chi connectivity index (χ0n) is 14.0. The van der Waals surface area contributed by atoms with E-state index in [9.17, 15) is 4.79 Å². The van der Waals surface area contributed by atoms with Gasteiger partial charge < -0.3 is 4.90 Å². The maximum atomic E-state index is 12.4. The van der Waals surface area contributed by atoms with Gasteiger partial charge >= 0.3 is 0 Å². The monoisotopic (exact) mass is 316 g/mol. The predicted molar refractivity (Wildman–Crippen MR) is 86.0 cm³/mol. The van der Waals surface area contributed by atoms with Crippen molar-refractivity contribution in [2.45, 2.75) is 52.5 Å². The quantitative estimate of drug-likeness (QED) is 0.931. The summed E-state index contributed by atoms with van der Waals surface area (Å²) in [5.74, 6) is 2.31. The lowest BCUT2D eigenvalue weighted by Gasteiger charge is -2.30. The summed E-state index contributed by atoms with van der Waals surface area (Å²) in [6.45, 7) is 8.13. The van der Waals surface area contributed by atoms with Crippen molar-refractivity contribution in [3.63, 3.8) is 0 Å². The molecule has 0 spiro atoms. The van der Waals surface area contributed by atoms with E-state index in [4.69, 9.17) is 0 Å². The van der Waals surface area contributed by atoms with Gasteiger partial charge in [-0.05, 0) is 39.7 Å². The van der Waals surface area contributed by atoms with Crippen LogP contribution < -0.4 is 0 Å². The molecule has 1 saturated heterocycles. The Kier molecular flexibility index (Phi) is 4.45. The number of carbonyl (C=O) groups is 1. The largest absolute Gasteiger partial charge is 0.343 e. The number of rotatable bonds is 4. The molecule has 1 aliphatic heterocycles. The van der Waals surface area contributed by atoms with Crippen LogP contribution in [-0.4, -0.2) is 48.9 Å². The molecule has 23 heavy (non-hydrogen) atoms. The number of piperidine rings is 1. The van der Waals surface area contributed by atoms with Crippen molar-refractivity contribution in [3.8, 4) is 0 Å². The minimum absolute atomic E-state index is 0.210. The fourth-order valence-electron chi connectivity index (χ4n) is 3.19. The van der Waals surface area contributed by atoms with Gasteiger partial charge in [0.05, 0.1) is 5.69 Å². The van der Waals surface area contributed by atoms with Crippen LogP contribution in [0.4, 0.5) is 0 Å². The Balaban J connectivity index is 1.49. The Bertz CT molecular complexity index is 681. The van der Waals surface area contributed by atoms with Crippen LogP contribution in [0.25, 0.3) is 0 Å². The summed E-state index contributed by atoms with van der Waals surface area (Å²) in [6, 6.07) is 2.04. The van der Waals surface area contributed by atoms with Gasteiger partial charge in [0.25, 0.3) is 0 Å². The van der Waals surface area contributed by atoms with E-state index in [0.29, 0.717) is 18.9 Å². The van der Waals surface area contributed by atoms with Gasteiger partial charge in [-0.25, -0.2) is 4.98 Å². The molecule has 0 aromatic carbocycles. The van der Waals surface area contributed by atoms with E-state index in [0.717, 1.165) is 49.0 Å². The smallest absolute Gasteiger partial charge is 0.224 e. The third-order valence-electron chi connectivity index (χ3n) is 4.47. The lowest BCUT2D eigenvalue weighted by molar-refractivity contribution is -0.132. The Morgan fingerprint density at radius 2 is 2.04 bits per heavy atom. The number of hydrogen-bond acceptors (Lipinski definition) is 4. The molecule has 1 N–H and O–H groups in total. The second kappa shape index (κ2) is 6.52. The van der Waals surface area contributed by atoms with E-state index in [1.165, 1.54) is 0 Å². The molecule has 124 valence electrons. The summed E-state index contributed by atoms with van der Waals surface area (Å²) in [7, 11) is 0. The summed E-state index contributed by atoms with van der Waals surface area (Å²) >= 11 is 0. The SMILES string of the molecule is Cc1cc(C)n(CCC(=O)N2CCC(c3n[nH]c(C)n3)CC2)n1. The summed E-state index contributed by atoms with van der Waals surface area (Å²) in [4.78, 5) is 18.8. The van der Waals surface area contributed by atoms with Crippen LogP contribution in [0.1, 0.15) is 48.2 Å². The lowest BCUT2D eigenvalue weighted by Crippen LogP contribution is -2.38. The molecule has 2 aromatic rings. The van der Waals surface area contributed by atoms with E-state index in [2.05, 4.69) is 20.3 Å². The van der Waals surface area contributed by atoms with Crippen molar-refractivity contribution in [1.29, 1.82) is 0 Å². The summed E-state index contributed by atoms with van der Waals surface area (Å²) in [5.41, 5.74) is 2.10. The first-order chi connectivity index (χ1) is 11.0. The number of amides is 1. The van der Waals surface area contributed by atoms with Crippen LogP contribution >= 0.6 is 0 Å². The third kappa shape index (κ3) is 3.60. The Morgan fingerprint density at radius 3 is 2.61 bits per heavy atom. The number of hydrogen-bond donors (Lipinski definition) is 1. The van der Waals surface area contributed by atoms with Gasteiger partial charge in [-0.15, -0.1) is 0 Å². The number of aromatic nitrogens is 5. The van der Waals surface area contributed by atoms with Crippen molar-refractivity contribution in [2.24, 2.45) is 0 Å². The van der Waals surface area contributed by atoms with Crippen LogP contribution in [0.15, 0.2) is 6.07 Å². The summed E-state index contributed by atoms with van der Waals surface area (Å²) in [6.07, 6.45) is 2.37. The molecule has 0 unspecified atom stereocenters. The zero-order valence-corrected chi connectivity index (χ0v) is 14.0. The van der Waals surface area contributed by atoms with Gasteiger partial charge in [0.1, 0.15) is 5.82 Å². The van der Waals surface area contributed by atoms with Crippen LogP contribution in [0.5, 0.6) is 0 Å². The minimum Gasteiger partial charge on any atom is -0.343 e. The van der Waals surface area contributed by atoms with Crippen LogP contribution in [0.3, 0.4) is 0 Å². The molecule has 0 aliphatic carbocycles. The molecule has 0 radical (unpaired) electrons. The van der Waals surface area contributed by atoms with E-state index < -0.39 is 0 Å². The lowest BCUT2D eigenvalue weighted by atomic mass is 9.96.